The highest BCUT2D eigenvalue weighted by Gasteiger charge is 2.20. The first-order chi connectivity index (χ1) is 18.3. The SMILES string of the molecule is CC(C)(C)CC(=O)n1c2cncc(c2)c2cnc3[nH]nc(c4nc5c(ccnc5c5ccc1s5)[nH]4)c3c2F. The lowest BCUT2D eigenvalue weighted by Crippen LogP contribution is -2.19. The van der Waals surface area contributed by atoms with Crippen molar-refractivity contribution in [2.45, 2.75) is 27.2 Å². The zero-order valence-corrected chi connectivity index (χ0v) is 21.5. The number of rotatable bonds is 1. The molecule has 7 rings (SSSR count). The van der Waals surface area contributed by atoms with Crippen molar-refractivity contribution in [1.29, 1.82) is 0 Å². The molecule has 0 atom stereocenters. The molecule has 0 aliphatic carbocycles. The number of fused-ring (bicyclic) bond motifs is 9. The van der Waals surface area contributed by atoms with Gasteiger partial charge in [-0.1, -0.05) is 20.8 Å². The number of aromatic nitrogens is 8. The summed E-state index contributed by atoms with van der Waals surface area (Å²) < 4.78 is 18.6. The summed E-state index contributed by atoms with van der Waals surface area (Å²) >= 11 is 1.44. The summed E-state index contributed by atoms with van der Waals surface area (Å²) in [5.41, 5.74) is 3.35. The Morgan fingerprint density at radius 2 is 1.92 bits per heavy atom. The summed E-state index contributed by atoms with van der Waals surface area (Å²) in [6.45, 7) is 6.06. The number of pyridine rings is 3. The molecule has 0 saturated heterocycles. The van der Waals surface area contributed by atoms with Gasteiger partial charge in [0.25, 0.3) is 0 Å². The minimum absolute atomic E-state index is 0.0893. The number of thiophene rings is 1. The van der Waals surface area contributed by atoms with Gasteiger partial charge in [0, 0.05) is 35.8 Å². The molecular weight excluding hydrogens is 503 g/mol. The molecule has 2 N–H and O–H groups in total. The lowest BCUT2D eigenvalue weighted by Gasteiger charge is -2.18. The van der Waals surface area contributed by atoms with Crippen LogP contribution in [0.3, 0.4) is 0 Å². The number of hydrogen-bond donors (Lipinski definition) is 2. The van der Waals surface area contributed by atoms with Crippen LogP contribution in [0.2, 0.25) is 0 Å². The molecule has 38 heavy (non-hydrogen) atoms. The van der Waals surface area contributed by atoms with Crippen LogP contribution in [0.1, 0.15) is 32.0 Å². The Morgan fingerprint density at radius 1 is 1.05 bits per heavy atom. The zero-order valence-electron chi connectivity index (χ0n) is 20.7. The van der Waals surface area contributed by atoms with Crippen molar-refractivity contribution in [3.05, 3.63) is 54.9 Å². The summed E-state index contributed by atoms with van der Waals surface area (Å²) in [6.07, 6.45) is 6.63. The predicted molar refractivity (Wildman–Crippen MR) is 147 cm³/mol. The van der Waals surface area contributed by atoms with Crippen molar-refractivity contribution in [3.63, 3.8) is 0 Å². The Kier molecular flexibility index (Phi) is 4.77. The number of carbonyl (C=O) groups is 1. The molecule has 11 heteroatoms. The Morgan fingerprint density at radius 3 is 2.76 bits per heavy atom. The van der Waals surface area contributed by atoms with Crippen LogP contribution < -0.4 is 0 Å². The number of aromatic amines is 2. The van der Waals surface area contributed by atoms with Gasteiger partial charge in [0.15, 0.2) is 11.3 Å². The molecule has 0 radical (unpaired) electrons. The second kappa shape index (κ2) is 7.99. The van der Waals surface area contributed by atoms with E-state index in [9.17, 15) is 4.79 Å². The first-order valence-corrected chi connectivity index (χ1v) is 12.8. The minimum atomic E-state index is -0.503. The molecule has 7 heterocycles. The van der Waals surface area contributed by atoms with Crippen LogP contribution in [0, 0.1) is 11.2 Å². The average molecular weight is 525 g/mol. The van der Waals surface area contributed by atoms with Crippen LogP contribution in [0.5, 0.6) is 0 Å². The molecule has 0 aliphatic heterocycles. The standard InChI is InChI=1S/C27H21FN8OS/c1-27(2,3)9-18(37)36-14-8-13(10-29-11-14)15-12-31-25-20(21(15)28)24(34-35-25)26-32-16-6-7-30-23(22(16)33-26)17-4-5-19(36)38-17/h4-8,10-12H,9H2,1-3H3,(H,32,33)(H,31,34,35). The third-order valence-electron chi connectivity index (χ3n) is 6.42. The number of carbonyl (C=O) groups excluding carboxylic acids is 1. The van der Waals surface area contributed by atoms with E-state index < -0.39 is 5.82 Å². The van der Waals surface area contributed by atoms with Crippen LogP contribution >= 0.6 is 11.3 Å². The number of H-pyrrole nitrogens is 2. The van der Waals surface area contributed by atoms with E-state index in [2.05, 4.69) is 30.1 Å². The summed E-state index contributed by atoms with van der Waals surface area (Å²) in [5.74, 6) is -0.592. The Bertz CT molecular complexity index is 2150. The zero-order chi connectivity index (χ0) is 26.2. The lowest BCUT2D eigenvalue weighted by molar-refractivity contribution is 0.0867. The van der Waals surface area contributed by atoms with E-state index in [0.717, 1.165) is 10.2 Å². The molecule has 0 aliphatic rings. The molecule has 0 amide bonds. The van der Waals surface area contributed by atoms with Crippen molar-refractivity contribution < 1.29 is 9.18 Å². The number of halogens is 1. The molecule has 7 aromatic rings. The van der Waals surface area contributed by atoms with Gasteiger partial charge in [-0.3, -0.25) is 24.4 Å². The molecule has 8 bridgehead atoms. The van der Waals surface area contributed by atoms with Crippen molar-refractivity contribution >= 4 is 81.8 Å². The van der Waals surface area contributed by atoms with Gasteiger partial charge in [-0.25, -0.2) is 14.4 Å². The maximum absolute atomic E-state index is 16.1. The molecule has 0 saturated carbocycles. The van der Waals surface area contributed by atoms with Gasteiger partial charge in [0.1, 0.15) is 27.2 Å². The van der Waals surface area contributed by atoms with E-state index >= 15 is 4.39 Å². The van der Waals surface area contributed by atoms with Crippen LogP contribution in [0.4, 0.5) is 4.39 Å². The predicted octanol–water partition coefficient (Wildman–Crippen LogP) is 6.44. The molecule has 0 unspecified atom stereocenters. The fourth-order valence-electron chi connectivity index (χ4n) is 4.75. The van der Waals surface area contributed by atoms with Crippen LogP contribution in [0.15, 0.2) is 49.1 Å². The Hall–Kier alpha value is -4.51. The van der Waals surface area contributed by atoms with Gasteiger partial charge in [-0.15, -0.1) is 11.3 Å². The summed E-state index contributed by atoms with van der Waals surface area (Å²) in [6, 6.07) is 7.42. The average Bonchev–Trinajstić information content (AvgIpc) is 3.61. The fraction of sp³-hybridized carbons (Fsp3) is 0.185. The van der Waals surface area contributed by atoms with Crippen LogP contribution in [-0.4, -0.2) is 45.6 Å². The summed E-state index contributed by atoms with van der Waals surface area (Å²) in [5, 5.41) is 8.11. The molecule has 0 spiro atoms. The quantitative estimate of drug-likeness (QED) is 0.255. The van der Waals surface area contributed by atoms with Crippen LogP contribution in [-0.2, 0) is 0 Å². The molecule has 0 fully saturated rings. The van der Waals surface area contributed by atoms with E-state index in [1.807, 2.05) is 39.0 Å². The highest BCUT2D eigenvalue weighted by molar-refractivity contribution is 7.24. The minimum Gasteiger partial charge on any atom is -0.336 e. The van der Waals surface area contributed by atoms with E-state index in [-0.39, 0.29) is 22.1 Å². The monoisotopic (exact) mass is 524 g/mol. The number of nitrogens with one attached hydrogen (secondary N) is 2. The largest absolute Gasteiger partial charge is 0.336 e. The van der Waals surface area contributed by atoms with E-state index in [1.165, 1.54) is 17.5 Å². The van der Waals surface area contributed by atoms with Gasteiger partial charge in [-0.2, -0.15) is 5.10 Å². The van der Waals surface area contributed by atoms with Gasteiger partial charge in [0.2, 0.25) is 5.91 Å². The number of nitrogens with zero attached hydrogens (tertiary/aromatic N) is 6. The first-order valence-electron chi connectivity index (χ1n) is 12.0. The van der Waals surface area contributed by atoms with Gasteiger partial charge >= 0.3 is 0 Å². The van der Waals surface area contributed by atoms with E-state index in [1.54, 1.807) is 29.2 Å². The second-order valence-electron chi connectivity index (χ2n) is 10.5. The van der Waals surface area contributed by atoms with E-state index in [0.29, 0.717) is 50.0 Å². The Balaban J connectivity index is 1.74. The van der Waals surface area contributed by atoms with Crippen LogP contribution in [0.25, 0.3) is 64.6 Å². The molecular formula is C27H21FN8OS. The highest BCUT2D eigenvalue weighted by Crippen LogP contribution is 2.31. The molecule has 0 aromatic carbocycles. The molecule has 188 valence electrons. The second-order valence-corrected chi connectivity index (χ2v) is 11.5. The van der Waals surface area contributed by atoms with Crippen molar-refractivity contribution in [3.8, 4) is 0 Å². The molecule has 7 aromatic heterocycles. The lowest BCUT2D eigenvalue weighted by atomic mass is 9.92. The maximum Gasteiger partial charge on any atom is 0.232 e. The van der Waals surface area contributed by atoms with Gasteiger partial charge in [-0.05, 0) is 29.7 Å². The van der Waals surface area contributed by atoms with Gasteiger partial charge in [0.05, 0.1) is 27.3 Å². The number of imidazole rings is 1. The normalized spacial score (nSPS) is 12.4. The maximum atomic E-state index is 16.1. The Labute approximate surface area is 218 Å². The smallest absolute Gasteiger partial charge is 0.232 e. The first kappa shape index (κ1) is 22.7. The molecule has 9 nitrogen and oxygen atoms in total. The fourth-order valence-corrected chi connectivity index (χ4v) is 5.80. The van der Waals surface area contributed by atoms with Gasteiger partial charge < -0.3 is 4.98 Å². The summed E-state index contributed by atoms with van der Waals surface area (Å²) in [4.78, 5) is 35.9. The van der Waals surface area contributed by atoms with E-state index in [4.69, 9.17) is 4.98 Å². The van der Waals surface area contributed by atoms with Crippen molar-refractivity contribution in [2.75, 3.05) is 0 Å². The van der Waals surface area contributed by atoms with Crippen molar-refractivity contribution in [1.82, 2.24) is 39.7 Å². The third kappa shape index (κ3) is 3.50. The topological polar surface area (TPSA) is 118 Å². The highest BCUT2D eigenvalue weighted by atomic mass is 32.1. The third-order valence-corrected chi connectivity index (χ3v) is 7.50. The van der Waals surface area contributed by atoms with Crippen molar-refractivity contribution in [2.24, 2.45) is 5.41 Å². The summed E-state index contributed by atoms with van der Waals surface area (Å²) in [7, 11) is 0. The number of hydrogen-bond acceptors (Lipinski definition) is 7.